The minimum absolute atomic E-state index is 0. The van der Waals surface area contributed by atoms with Gasteiger partial charge in [0.05, 0.1) is 0 Å². The van der Waals surface area contributed by atoms with Crippen LogP contribution in [0.4, 0.5) is 0 Å². The standard InChI is InChI=1S/2C2H7PS2.Zn/c2*1-3(2,4)5;/h2*1-2H3,(H,4,5);/q;;+2/p-2. The molecule has 11 heavy (non-hydrogen) atoms. The zero-order valence-electron chi connectivity index (χ0n) is 7.23. The maximum absolute atomic E-state index is 4.75. The van der Waals surface area contributed by atoms with Gasteiger partial charge in [-0.05, 0) is 0 Å². The van der Waals surface area contributed by atoms with E-state index in [1.807, 2.05) is 26.7 Å². The molecular formula is C4H12P2S4Zn. The van der Waals surface area contributed by atoms with E-state index in [2.05, 4.69) is 0 Å². The smallest absolute Gasteiger partial charge is 0.747 e. The molecule has 0 aliphatic heterocycles. The Labute approximate surface area is 104 Å². The molecule has 7 heteroatoms. The quantitative estimate of drug-likeness (QED) is 0.382. The van der Waals surface area contributed by atoms with E-state index in [4.69, 9.17) is 48.1 Å². The molecule has 0 aliphatic rings. The zero-order chi connectivity index (χ0) is 9.00. The molecule has 0 atom stereocenters. The normalized spacial score (nSPS) is 10.7. The Hall–Kier alpha value is 2.62. The summed E-state index contributed by atoms with van der Waals surface area (Å²) in [6, 6.07) is 0. The topological polar surface area (TPSA) is 0 Å². The second-order valence-corrected chi connectivity index (χ2v) is 19.9. The maximum atomic E-state index is 4.75. The third kappa shape index (κ3) is 207. The van der Waals surface area contributed by atoms with Crippen LogP contribution in [0, 0.1) is 0 Å². The summed E-state index contributed by atoms with van der Waals surface area (Å²) in [7, 11) is 0. The van der Waals surface area contributed by atoms with Gasteiger partial charge in [0.15, 0.2) is 0 Å². The fourth-order valence-electron chi connectivity index (χ4n) is 0. The van der Waals surface area contributed by atoms with Crippen molar-refractivity contribution in [2.45, 2.75) is 0 Å². The van der Waals surface area contributed by atoms with Gasteiger partial charge < -0.3 is 24.5 Å². The average molecular weight is 316 g/mol. The molecule has 0 aromatic heterocycles. The molecule has 0 aromatic rings. The third-order valence-corrected chi connectivity index (χ3v) is 0. The first-order valence-electron chi connectivity index (χ1n) is 2.52. The summed E-state index contributed by atoms with van der Waals surface area (Å²) >= 11 is 19.0. The summed E-state index contributed by atoms with van der Waals surface area (Å²) in [5, 5.41) is -2.44. The molecular weight excluding hydrogens is 304 g/mol. The predicted molar refractivity (Wildman–Crippen MR) is 67.0 cm³/mol. The summed E-state index contributed by atoms with van der Waals surface area (Å²) in [4.78, 5) is 0. The second kappa shape index (κ2) is 7.98. The fraction of sp³-hybridized carbons (Fsp3) is 1.00. The van der Waals surface area contributed by atoms with Gasteiger partial charge in [-0.2, -0.15) is 10.5 Å². The summed E-state index contributed by atoms with van der Waals surface area (Å²) in [6.07, 6.45) is 0. The van der Waals surface area contributed by atoms with Crippen LogP contribution in [0.15, 0.2) is 0 Å². The van der Waals surface area contributed by atoms with Gasteiger partial charge >= 0.3 is 19.5 Å². The van der Waals surface area contributed by atoms with E-state index < -0.39 is 10.5 Å². The molecule has 0 nitrogen and oxygen atoms in total. The van der Waals surface area contributed by atoms with Crippen LogP contribution in [-0.4, -0.2) is 26.7 Å². The number of rotatable bonds is 0. The molecule has 0 heterocycles. The van der Waals surface area contributed by atoms with E-state index in [0.717, 1.165) is 0 Å². The Kier molecular flexibility index (Phi) is 13.9. The Morgan fingerprint density at radius 2 is 0.818 bits per heavy atom. The summed E-state index contributed by atoms with van der Waals surface area (Å²) in [5.74, 6) is 0. The molecule has 0 fully saturated rings. The van der Waals surface area contributed by atoms with Crippen molar-refractivity contribution in [2.75, 3.05) is 26.7 Å². The van der Waals surface area contributed by atoms with E-state index in [1.165, 1.54) is 0 Å². The van der Waals surface area contributed by atoms with Crippen LogP contribution in [0.25, 0.3) is 0 Å². The summed E-state index contributed by atoms with van der Waals surface area (Å²) < 4.78 is 0. The van der Waals surface area contributed by atoms with E-state index in [1.54, 1.807) is 0 Å². The molecule has 0 rings (SSSR count). The Balaban J connectivity index is -0.000000107. The Morgan fingerprint density at radius 3 is 0.818 bits per heavy atom. The fourth-order valence-corrected chi connectivity index (χ4v) is 0. The van der Waals surface area contributed by atoms with Crippen LogP contribution in [0.5, 0.6) is 0 Å². The third-order valence-electron chi connectivity index (χ3n) is 0. The van der Waals surface area contributed by atoms with Crippen molar-refractivity contribution in [1.29, 1.82) is 0 Å². The zero-order valence-corrected chi connectivity index (χ0v) is 15.3. The van der Waals surface area contributed by atoms with Crippen molar-refractivity contribution in [2.24, 2.45) is 0 Å². The van der Waals surface area contributed by atoms with Crippen molar-refractivity contribution in [3.05, 3.63) is 0 Å². The van der Waals surface area contributed by atoms with Crippen molar-refractivity contribution in [3.8, 4) is 0 Å². The minimum Gasteiger partial charge on any atom is -0.747 e. The molecule has 0 spiro atoms. The monoisotopic (exact) mass is 314 g/mol. The molecule has 0 aliphatic carbocycles. The van der Waals surface area contributed by atoms with E-state index >= 15 is 0 Å². The largest absolute Gasteiger partial charge is 2.00 e. The van der Waals surface area contributed by atoms with Crippen LogP contribution in [0.3, 0.4) is 0 Å². The molecule has 0 N–H and O–H groups in total. The van der Waals surface area contributed by atoms with Crippen LogP contribution < -0.4 is 0 Å². The second-order valence-electron chi connectivity index (χ2n) is 2.50. The van der Waals surface area contributed by atoms with Crippen LogP contribution in [0.2, 0.25) is 0 Å². The average Bonchev–Trinajstić information content (AvgIpc) is 1.12. The molecule has 0 saturated heterocycles. The predicted octanol–water partition coefficient (Wildman–Crippen LogP) is 2.37. The van der Waals surface area contributed by atoms with Gasteiger partial charge in [0.1, 0.15) is 0 Å². The van der Waals surface area contributed by atoms with Crippen molar-refractivity contribution >= 4 is 58.6 Å². The van der Waals surface area contributed by atoms with Crippen molar-refractivity contribution in [1.82, 2.24) is 0 Å². The Bertz CT molecular complexity index is 132. The molecule has 0 unspecified atom stereocenters. The van der Waals surface area contributed by atoms with Crippen LogP contribution in [0.1, 0.15) is 0 Å². The van der Waals surface area contributed by atoms with Crippen LogP contribution >= 0.6 is 10.5 Å². The first-order chi connectivity index (χ1) is 4.00. The van der Waals surface area contributed by atoms with E-state index in [0.29, 0.717) is 0 Å². The number of hydrogen-bond acceptors (Lipinski definition) is 4. The van der Waals surface area contributed by atoms with Gasteiger partial charge in [0, 0.05) is 0 Å². The van der Waals surface area contributed by atoms with Crippen molar-refractivity contribution in [3.63, 3.8) is 0 Å². The van der Waals surface area contributed by atoms with Crippen LogP contribution in [-0.2, 0) is 67.6 Å². The summed E-state index contributed by atoms with van der Waals surface area (Å²) in [5.41, 5.74) is 0. The van der Waals surface area contributed by atoms with Gasteiger partial charge in [-0.1, -0.05) is 26.7 Å². The van der Waals surface area contributed by atoms with Gasteiger partial charge in [-0.15, -0.1) is 23.6 Å². The van der Waals surface area contributed by atoms with E-state index in [-0.39, 0.29) is 19.5 Å². The Morgan fingerprint density at radius 1 is 0.818 bits per heavy atom. The first kappa shape index (κ1) is 19.2. The molecule has 0 amide bonds. The van der Waals surface area contributed by atoms with Gasteiger partial charge in [0.2, 0.25) is 0 Å². The molecule has 64 valence electrons. The SMILES string of the molecule is CP(C)(=S)[S-].CP(C)(=S)[S-].[Zn+2]. The minimum atomic E-state index is -1.22. The molecule has 0 bridgehead atoms. The molecule has 0 radical (unpaired) electrons. The van der Waals surface area contributed by atoms with Crippen molar-refractivity contribution < 1.29 is 19.5 Å². The van der Waals surface area contributed by atoms with E-state index in [9.17, 15) is 0 Å². The first-order valence-corrected chi connectivity index (χ1v) is 11.9. The molecule has 0 aromatic carbocycles. The van der Waals surface area contributed by atoms with Gasteiger partial charge in [-0.25, -0.2) is 0 Å². The number of hydrogen-bond donors (Lipinski definition) is 0. The van der Waals surface area contributed by atoms with Gasteiger partial charge in [-0.3, -0.25) is 0 Å². The summed E-state index contributed by atoms with van der Waals surface area (Å²) in [6.45, 7) is 7.71. The maximum Gasteiger partial charge on any atom is 2.00 e. The van der Waals surface area contributed by atoms with Gasteiger partial charge in [0.25, 0.3) is 0 Å². The molecule has 0 saturated carbocycles.